The van der Waals surface area contributed by atoms with Gasteiger partial charge in [0.15, 0.2) is 11.6 Å². The number of nitrogens with zero attached hydrogens (tertiary/aromatic N) is 2. The van der Waals surface area contributed by atoms with E-state index in [2.05, 4.69) is 30.3 Å². The third kappa shape index (κ3) is 5.96. The number of aromatic nitrogens is 2. The SMILES string of the molecule is Cc1ccc(S(=O)(=O)NNc2ncnc(Nc3ccc(OC(F)(F)F)cc3)c2N)cc1. The van der Waals surface area contributed by atoms with Crippen LogP contribution in [0.25, 0.3) is 0 Å². The average molecular weight is 454 g/mol. The zero-order chi connectivity index (χ0) is 22.6. The zero-order valence-corrected chi connectivity index (χ0v) is 16.8. The summed E-state index contributed by atoms with van der Waals surface area (Å²) in [7, 11) is -3.89. The predicted molar refractivity (Wildman–Crippen MR) is 108 cm³/mol. The number of alkyl halides is 3. The Kier molecular flexibility index (Phi) is 6.17. The summed E-state index contributed by atoms with van der Waals surface area (Å²) in [5, 5.41) is 2.81. The Hall–Kier alpha value is -3.58. The number of hydrogen-bond acceptors (Lipinski definition) is 8. The van der Waals surface area contributed by atoms with E-state index in [0.29, 0.717) is 5.69 Å². The number of nitrogen functional groups attached to an aromatic ring is 1. The Balaban J connectivity index is 1.70. The van der Waals surface area contributed by atoms with Crippen LogP contribution >= 0.6 is 0 Å². The smallest absolute Gasteiger partial charge is 0.406 e. The predicted octanol–water partition coefficient (Wildman–Crippen LogP) is 3.31. The van der Waals surface area contributed by atoms with Gasteiger partial charge in [-0.3, -0.25) is 5.43 Å². The molecule has 13 heteroatoms. The number of hydrogen-bond donors (Lipinski definition) is 4. The highest BCUT2D eigenvalue weighted by atomic mass is 32.2. The van der Waals surface area contributed by atoms with Crippen molar-refractivity contribution in [1.82, 2.24) is 14.8 Å². The van der Waals surface area contributed by atoms with Crippen molar-refractivity contribution < 1.29 is 26.3 Å². The fourth-order valence-electron chi connectivity index (χ4n) is 2.36. The topological polar surface area (TPSA) is 131 Å². The highest BCUT2D eigenvalue weighted by Crippen LogP contribution is 2.28. The molecule has 0 unspecified atom stereocenters. The fraction of sp³-hybridized carbons (Fsp3) is 0.111. The van der Waals surface area contributed by atoms with Gasteiger partial charge in [0.1, 0.15) is 17.8 Å². The van der Waals surface area contributed by atoms with Gasteiger partial charge in [-0.15, -0.1) is 18.0 Å². The minimum atomic E-state index is -4.79. The van der Waals surface area contributed by atoms with Crippen molar-refractivity contribution in [3.05, 3.63) is 60.4 Å². The van der Waals surface area contributed by atoms with Crippen LogP contribution in [0.2, 0.25) is 0 Å². The molecule has 0 radical (unpaired) electrons. The summed E-state index contributed by atoms with van der Waals surface area (Å²) in [5.74, 6) is -0.302. The third-order valence-corrected chi connectivity index (χ3v) is 5.13. The first-order chi connectivity index (χ1) is 14.5. The molecule has 0 amide bonds. The second-order valence-corrected chi connectivity index (χ2v) is 7.91. The molecule has 1 heterocycles. The van der Waals surface area contributed by atoms with Crippen molar-refractivity contribution in [2.45, 2.75) is 18.2 Å². The molecule has 0 atom stereocenters. The van der Waals surface area contributed by atoms with E-state index >= 15 is 0 Å². The number of nitrogens with two attached hydrogens (primary N) is 1. The van der Waals surface area contributed by atoms with Gasteiger partial charge >= 0.3 is 6.36 Å². The lowest BCUT2D eigenvalue weighted by Crippen LogP contribution is -2.30. The van der Waals surface area contributed by atoms with Gasteiger partial charge in [0, 0.05) is 5.69 Å². The third-order valence-electron chi connectivity index (χ3n) is 3.87. The van der Waals surface area contributed by atoms with Gasteiger partial charge in [0.2, 0.25) is 0 Å². The Labute approximate surface area is 175 Å². The maximum absolute atomic E-state index is 12.4. The number of hydrazine groups is 1. The Morgan fingerprint density at radius 3 is 2.19 bits per heavy atom. The molecule has 0 aliphatic rings. The number of benzene rings is 2. The van der Waals surface area contributed by atoms with Gasteiger partial charge in [-0.25, -0.2) is 18.4 Å². The van der Waals surface area contributed by atoms with E-state index in [-0.39, 0.29) is 28.0 Å². The first kappa shape index (κ1) is 22.1. The Morgan fingerprint density at radius 2 is 1.58 bits per heavy atom. The molecule has 5 N–H and O–H groups in total. The Bertz CT molecular complexity index is 1150. The van der Waals surface area contributed by atoms with Crippen LogP contribution in [-0.4, -0.2) is 24.7 Å². The van der Waals surface area contributed by atoms with E-state index < -0.39 is 16.4 Å². The summed E-state index contributed by atoms with van der Waals surface area (Å²) in [6.45, 7) is 1.83. The van der Waals surface area contributed by atoms with E-state index in [1.165, 1.54) is 24.3 Å². The van der Waals surface area contributed by atoms with Gasteiger partial charge in [0.05, 0.1) is 4.90 Å². The van der Waals surface area contributed by atoms with Crippen LogP contribution in [0.5, 0.6) is 5.75 Å². The molecule has 0 saturated heterocycles. The zero-order valence-electron chi connectivity index (χ0n) is 15.9. The number of aryl methyl sites for hydroxylation is 1. The number of ether oxygens (including phenoxy) is 1. The monoisotopic (exact) mass is 454 g/mol. The standard InChI is InChI=1S/C18H17F3N6O3S/c1-11-2-8-14(9-3-11)31(28,29)27-26-17-15(22)16(23-10-24-17)25-12-4-6-13(7-5-12)30-18(19,20)21/h2-10,27H,22H2,1H3,(H2,23,24,25,26). The molecule has 0 aliphatic heterocycles. The van der Waals surface area contributed by atoms with Gasteiger partial charge < -0.3 is 15.8 Å². The molecule has 0 saturated carbocycles. The molecule has 164 valence electrons. The van der Waals surface area contributed by atoms with E-state index in [1.807, 2.05) is 6.92 Å². The number of rotatable bonds is 7. The van der Waals surface area contributed by atoms with Crippen molar-refractivity contribution in [1.29, 1.82) is 0 Å². The maximum atomic E-state index is 12.4. The minimum Gasteiger partial charge on any atom is -0.406 e. The molecular weight excluding hydrogens is 437 g/mol. The Morgan fingerprint density at radius 1 is 0.968 bits per heavy atom. The molecule has 0 aliphatic carbocycles. The number of halogens is 3. The molecule has 2 aromatic carbocycles. The van der Waals surface area contributed by atoms with Crippen LogP contribution in [0, 0.1) is 6.92 Å². The van der Waals surface area contributed by atoms with Gasteiger partial charge in [-0.05, 0) is 43.3 Å². The highest BCUT2D eigenvalue weighted by molar-refractivity contribution is 7.89. The maximum Gasteiger partial charge on any atom is 0.573 e. The second kappa shape index (κ2) is 8.65. The lowest BCUT2D eigenvalue weighted by atomic mass is 10.2. The van der Waals surface area contributed by atoms with Crippen LogP contribution in [0.1, 0.15) is 5.56 Å². The van der Waals surface area contributed by atoms with Crippen molar-refractivity contribution in [3.8, 4) is 5.75 Å². The summed E-state index contributed by atoms with van der Waals surface area (Å²) in [6, 6.07) is 11.1. The van der Waals surface area contributed by atoms with Gasteiger partial charge in [-0.2, -0.15) is 0 Å². The van der Waals surface area contributed by atoms with Crippen LogP contribution in [0.4, 0.5) is 36.2 Å². The summed E-state index contributed by atoms with van der Waals surface area (Å²) < 4.78 is 65.3. The molecule has 1 aromatic heterocycles. The molecule has 0 spiro atoms. The normalized spacial score (nSPS) is 11.7. The molecule has 0 fully saturated rings. The minimum absolute atomic E-state index is 0.0230. The first-order valence-corrected chi connectivity index (χ1v) is 10.1. The number of nitrogens with one attached hydrogen (secondary N) is 3. The van der Waals surface area contributed by atoms with E-state index in [4.69, 9.17) is 5.73 Å². The molecular formula is C18H17F3N6O3S. The summed E-state index contributed by atoms with van der Waals surface area (Å²) in [4.78, 5) is 10.1. The van der Waals surface area contributed by atoms with Crippen LogP contribution in [0.15, 0.2) is 59.8 Å². The van der Waals surface area contributed by atoms with Crippen LogP contribution in [-0.2, 0) is 10.0 Å². The second-order valence-electron chi connectivity index (χ2n) is 6.23. The van der Waals surface area contributed by atoms with E-state index in [9.17, 15) is 21.6 Å². The molecule has 31 heavy (non-hydrogen) atoms. The average Bonchev–Trinajstić information content (AvgIpc) is 2.69. The van der Waals surface area contributed by atoms with Gasteiger partial charge in [0.25, 0.3) is 10.0 Å². The van der Waals surface area contributed by atoms with Crippen molar-refractivity contribution in [2.75, 3.05) is 16.5 Å². The van der Waals surface area contributed by atoms with Crippen molar-refractivity contribution in [2.24, 2.45) is 0 Å². The number of sulfonamides is 1. The van der Waals surface area contributed by atoms with E-state index in [0.717, 1.165) is 24.0 Å². The molecule has 3 rings (SSSR count). The highest BCUT2D eigenvalue weighted by Gasteiger charge is 2.31. The van der Waals surface area contributed by atoms with Crippen molar-refractivity contribution in [3.63, 3.8) is 0 Å². The summed E-state index contributed by atoms with van der Waals surface area (Å²) >= 11 is 0. The quantitative estimate of drug-likeness (QED) is 0.400. The van der Waals surface area contributed by atoms with Crippen LogP contribution < -0.4 is 26.0 Å². The largest absolute Gasteiger partial charge is 0.573 e. The summed E-state index contributed by atoms with van der Waals surface area (Å²) in [6.07, 6.45) is -3.67. The lowest BCUT2D eigenvalue weighted by Gasteiger charge is -2.14. The molecule has 3 aromatic rings. The number of anilines is 4. The van der Waals surface area contributed by atoms with E-state index in [1.54, 1.807) is 12.1 Å². The van der Waals surface area contributed by atoms with Gasteiger partial charge in [-0.1, -0.05) is 17.7 Å². The van der Waals surface area contributed by atoms with Crippen molar-refractivity contribution >= 4 is 33.0 Å². The fourth-order valence-corrected chi connectivity index (χ4v) is 3.21. The summed E-state index contributed by atoms with van der Waals surface area (Å²) in [5.41, 5.74) is 9.65. The van der Waals surface area contributed by atoms with Crippen LogP contribution in [0.3, 0.4) is 0 Å². The molecule has 0 bridgehead atoms. The lowest BCUT2D eigenvalue weighted by molar-refractivity contribution is -0.274. The first-order valence-electron chi connectivity index (χ1n) is 8.61. The molecule has 9 nitrogen and oxygen atoms in total.